The lowest BCUT2D eigenvalue weighted by molar-refractivity contribution is 0.0222. The minimum absolute atomic E-state index is 0.0488. The molecule has 2 aromatic rings. The van der Waals surface area contributed by atoms with Crippen molar-refractivity contribution in [1.82, 2.24) is 0 Å². The van der Waals surface area contributed by atoms with Gasteiger partial charge in [0.25, 0.3) is 0 Å². The third-order valence-electron chi connectivity index (χ3n) is 3.07. The Morgan fingerprint density at radius 2 is 1.60 bits per heavy atom. The Balaban J connectivity index is 2.15. The van der Waals surface area contributed by atoms with Gasteiger partial charge in [0.15, 0.2) is 0 Å². The van der Waals surface area contributed by atoms with Crippen LogP contribution in [-0.2, 0) is 11.3 Å². The SMILES string of the molecule is CC(N)C(OCc1ccccc1F)c1ccccc1F. The van der Waals surface area contributed by atoms with E-state index in [-0.39, 0.29) is 18.2 Å². The molecule has 0 radical (unpaired) electrons. The lowest BCUT2D eigenvalue weighted by atomic mass is 10.0. The average Bonchev–Trinajstić information content (AvgIpc) is 2.42. The number of nitrogens with two attached hydrogens (primary N) is 1. The van der Waals surface area contributed by atoms with Gasteiger partial charge in [-0.15, -0.1) is 0 Å². The van der Waals surface area contributed by atoms with Gasteiger partial charge in [-0.1, -0.05) is 36.4 Å². The van der Waals surface area contributed by atoms with E-state index in [1.54, 1.807) is 43.3 Å². The number of benzene rings is 2. The molecule has 2 rings (SSSR count). The van der Waals surface area contributed by atoms with Crippen molar-refractivity contribution < 1.29 is 13.5 Å². The first-order valence-electron chi connectivity index (χ1n) is 6.44. The maximum atomic E-state index is 13.8. The summed E-state index contributed by atoms with van der Waals surface area (Å²) >= 11 is 0. The van der Waals surface area contributed by atoms with Gasteiger partial charge in [0.2, 0.25) is 0 Å². The van der Waals surface area contributed by atoms with Gasteiger partial charge < -0.3 is 10.5 Å². The second kappa shape index (κ2) is 6.59. The van der Waals surface area contributed by atoms with Crippen LogP contribution < -0.4 is 5.73 Å². The van der Waals surface area contributed by atoms with Crippen molar-refractivity contribution in [1.29, 1.82) is 0 Å². The van der Waals surface area contributed by atoms with Gasteiger partial charge in [-0.2, -0.15) is 0 Å². The monoisotopic (exact) mass is 277 g/mol. The predicted octanol–water partition coefficient (Wildman–Crippen LogP) is 3.57. The third-order valence-corrected chi connectivity index (χ3v) is 3.07. The lowest BCUT2D eigenvalue weighted by Gasteiger charge is -2.22. The first-order valence-corrected chi connectivity index (χ1v) is 6.44. The molecule has 0 aromatic heterocycles. The molecule has 2 aromatic carbocycles. The van der Waals surface area contributed by atoms with Gasteiger partial charge >= 0.3 is 0 Å². The maximum absolute atomic E-state index is 13.8. The van der Waals surface area contributed by atoms with E-state index in [9.17, 15) is 8.78 Å². The number of ether oxygens (including phenoxy) is 1. The number of hydrogen-bond donors (Lipinski definition) is 1. The summed E-state index contributed by atoms with van der Waals surface area (Å²) in [4.78, 5) is 0. The molecule has 0 heterocycles. The van der Waals surface area contributed by atoms with Crippen molar-refractivity contribution in [2.75, 3.05) is 0 Å². The normalized spacial score (nSPS) is 14.0. The van der Waals surface area contributed by atoms with E-state index in [1.165, 1.54) is 12.1 Å². The van der Waals surface area contributed by atoms with E-state index in [4.69, 9.17) is 10.5 Å². The largest absolute Gasteiger partial charge is 0.367 e. The van der Waals surface area contributed by atoms with E-state index < -0.39 is 12.1 Å². The van der Waals surface area contributed by atoms with Gasteiger partial charge in [0, 0.05) is 17.2 Å². The molecule has 2 atom stereocenters. The van der Waals surface area contributed by atoms with Crippen LogP contribution in [0.1, 0.15) is 24.2 Å². The molecule has 0 aliphatic heterocycles. The highest BCUT2D eigenvalue weighted by atomic mass is 19.1. The van der Waals surface area contributed by atoms with Gasteiger partial charge in [0.1, 0.15) is 17.7 Å². The van der Waals surface area contributed by atoms with Crippen LogP contribution in [0, 0.1) is 11.6 Å². The summed E-state index contributed by atoms with van der Waals surface area (Å²) in [6.45, 7) is 1.78. The fourth-order valence-electron chi connectivity index (χ4n) is 2.03. The van der Waals surface area contributed by atoms with Crippen LogP contribution in [0.25, 0.3) is 0 Å². The van der Waals surface area contributed by atoms with E-state index in [0.717, 1.165) is 0 Å². The summed E-state index contributed by atoms with van der Waals surface area (Å²) < 4.78 is 33.0. The van der Waals surface area contributed by atoms with Gasteiger partial charge in [-0.25, -0.2) is 8.78 Å². The smallest absolute Gasteiger partial charge is 0.129 e. The Morgan fingerprint density at radius 3 is 2.20 bits per heavy atom. The summed E-state index contributed by atoms with van der Waals surface area (Å²) in [6, 6.07) is 12.2. The molecule has 2 unspecified atom stereocenters. The quantitative estimate of drug-likeness (QED) is 0.906. The molecule has 0 saturated heterocycles. The van der Waals surface area contributed by atoms with Crippen LogP contribution in [-0.4, -0.2) is 6.04 Å². The molecule has 0 amide bonds. The van der Waals surface area contributed by atoms with Crippen molar-refractivity contribution >= 4 is 0 Å². The van der Waals surface area contributed by atoms with E-state index >= 15 is 0 Å². The summed E-state index contributed by atoms with van der Waals surface area (Å²) in [6.07, 6.45) is -0.615. The predicted molar refractivity (Wildman–Crippen MR) is 74.0 cm³/mol. The third kappa shape index (κ3) is 3.40. The standard InChI is InChI=1S/C16H17F2NO/c1-11(19)16(13-7-3-5-9-15(13)18)20-10-12-6-2-4-8-14(12)17/h2-9,11,16H,10,19H2,1H3. The minimum atomic E-state index is -0.615. The van der Waals surface area contributed by atoms with E-state index in [1.807, 2.05) is 0 Å². The van der Waals surface area contributed by atoms with Crippen molar-refractivity contribution in [3.63, 3.8) is 0 Å². The number of rotatable bonds is 5. The second-order valence-corrected chi connectivity index (χ2v) is 4.70. The van der Waals surface area contributed by atoms with Crippen LogP contribution in [0.2, 0.25) is 0 Å². The summed E-state index contributed by atoms with van der Waals surface area (Å²) in [5, 5.41) is 0. The molecular formula is C16H17F2NO. The highest BCUT2D eigenvalue weighted by Gasteiger charge is 2.20. The van der Waals surface area contributed by atoms with Crippen LogP contribution in [0.3, 0.4) is 0 Å². The fraction of sp³-hybridized carbons (Fsp3) is 0.250. The van der Waals surface area contributed by atoms with E-state index in [2.05, 4.69) is 0 Å². The molecule has 0 spiro atoms. The molecule has 0 aliphatic rings. The zero-order valence-corrected chi connectivity index (χ0v) is 11.2. The first-order chi connectivity index (χ1) is 9.59. The maximum Gasteiger partial charge on any atom is 0.129 e. The molecule has 106 valence electrons. The van der Waals surface area contributed by atoms with Crippen LogP contribution in [0.15, 0.2) is 48.5 Å². The lowest BCUT2D eigenvalue weighted by Crippen LogP contribution is -2.27. The topological polar surface area (TPSA) is 35.2 Å². The Hall–Kier alpha value is -1.78. The highest BCUT2D eigenvalue weighted by molar-refractivity contribution is 5.22. The summed E-state index contributed by atoms with van der Waals surface area (Å²) in [5.74, 6) is -0.715. The fourth-order valence-corrected chi connectivity index (χ4v) is 2.03. The molecule has 20 heavy (non-hydrogen) atoms. The molecular weight excluding hydrogens is 260 g/mol. The first kappa shape index (κ1) is 14.6. The highest BCUT2D eigenvalue weighted by Crippen LogP contribution is 2.24. The summed E-state index contributed by atoms with van der Waals surface area (Å²) in [5.41, 5.74) is 6.67. The molecule has 0 aliphatic carbocycles. The van der Waals surface area contributed by atoms with Crippen molar-refractivity contribution in [3.05, 3.63) is 71.3 Å². The molecule has 0 bridgehead atoms. The zero-order chi connectivity index (χ0) is 14.5. The van der Waals surface area contributed by atoms with Gasteiger partial charge in [-0.3, -0.25) is 0 Å². The van der Waals surface area contributed by atoms with E-state index in [0.29, 0.717) is 11.1 Å². The van der Waals surface area contributed by atoms with Crippen LogP contribution >= 0.6 is 0 Å². The van der Waals surface area contributed by atoms with Crippen molar-refractivity contribution in [3.8, 4) is 0 Å². The Kier molecular flexibility index (Phi) is 4.82. The Bertz CT molecular complexity index is 572. The molecule has 4 heteroatoms. The minimum Gasteiger partial charge on any atom is -0.367 e. The molecule has 0 saturated carbocycles. The Labute approximate surface area is 117 Å². The number of hydrogen-bond acceptors (Lipinski definition) is 2. The number of halogens is 2. The van der Waals surface area contributed by atoms with Gasteiger partial charge in [-0.05, 0) is 19.1 Å². The zero-order valence-electron chi connectivity index (χ0n) is 11.2. The Morgan fingerprint density at radius 1 is 1.00 bits per heavy atom. The van der Waals surface area contributed by atoms with Gasteiger partial charge in [0.05, 0.1) is 6.61 Å². The summed E-state index contributed by atoms with van der Waals surface area (Å²) in [7, 11) is 0. The molecule has 0 fully saturated rings. The molecule has 2 nitrogen and oxygen atoms in total. The van der Waals surface area contributed by atoms with Crippen molar-refractivity contribution in [2.24, 2.45) is 5.73 Å². The second-order valence-electron chi connectivity index (χ2n) is 4.70. The molecule has 2 N–H and O–H groups in total. The van der Waals surface area contributed by atoms with Crippen molar-refractivity contribution in [2.45, 2.75) is 25.7 Å². The van der Waals surface area contributed by atoms with Crippen LogP contribution in [0.4, 0.5) is 8.78 Å². The van der Waals surface area contributed by atoms with Crippen LogP contribution in [0.5, 0.6) is 0 Å². The average molecular weight is 277 g/mol.